The van der Waals surface area contributed by atoms with Crippen LogP contribution in [0.15, 0.2) is 151 Å². The number of para-hydroxylation sites is 3. The third-order valence-corrected chi connectivity index (χ3v) is 8.45. The van der Waals surface area contributed by atoms with Gasteiger partial charge in [0.05, 0.1) is 17.4 Å². The fourth-order valence-corrected chi connectivity index (χ4v) is 6.36. The van der Waals surface area contributed by atoms with Crippen LogP contribution in [0.1, 0.15) is 51.8 Å². The molecule has 0 saturated carbocycles. The SMILES string of the molecule is O=C1C[C@@H](c2ccccc2)CC2=C1[C@H](c1ccccc1OCc1ccccc1)N(C(=O)c1ccccc1)c1ccccc1N2. The molecule has 2 aliphatic rings. The van der Waals surface area contributed by atoms with Gasteiger partial charge in [-0.05, 0) is 53.8 Å². The molecule has 5 aromatic carbocycles. The second kappa shape index (κ2) is 12.1. The van der Waals surface area contributed by atoms with E-state index in [0.29, 0.717) is 42.0 Å². The Morgan fingerprint density at radius 3 is 2.14 bits per heavy atom. The Kier molecular flexibility index (Phi) is 7.51. The molecule has 1 N–H and O–H groups in total. The zero-order valence-electron chi connectivity index (χ0n) is 24.2. The van der Waals surface area contributed by atoms with Crippen molar-refractivity contribution in [1.29, 1.82) is 0 Å². The summed E-state index contributed by atoms with van der Waals surface area (Å²) in [6, 6.07) is 44.3. The number of carbonyl (C=O) groups excluding carboxylic acids is 2. The molecular weight excluding hydrogens is 544 g/mol. The first-order valence-corrected chi connectivity index (χ1v) is 15.0. The van der Waals surface area contributed by atoms with Crippen molar-refractivity contribution < 1.29 is 14.3 Å². The molecule has 1 aliphatic heterocycles. The van der Waals surface area contributed by atoms with Gasteiger partial charge in [0, 0.05) is 28.8 Å². The third kappa shape index (κ3) is 5.29. The maximum atomic E-state index is 14.6. The minimum atomic E-state index is -0.704. The number of fused-ring (bicyclic) bond motifs is 1. The fourth-order valence-electron chi connectivity index (χ4n) is 6.36. The molecule has 0 bridgehead atoms. The Morgan fingerprint density at radius 1 is 0.727 bits per heavy atom. The number of nitrogens with zero attached hydrogens (tertiary/aromatic N) is 1. The first-order valence-electron chi connectivity index (χ1n) is 15.0. The van der Waals surface area contributed by atoms with Crippen LogP contribution in [-0.4, -0.2) is 11.7 Å². The van der Waals surface area contributed by atoms with Crippen LogP contribution >= 0.6 is 0 Å². The van der Waals surface area contributed by atoms with E-state index in [1.54, 1.807) is 4.90 Å². The second-order valence-corrected chi connectivity index (χ2v) is 11.2. The third-order valence-electron chi connectivity index (χ3n) is 8.45. The summed E-state index contributed by atoms with van der Waals surface area (Å²) in [5, 5.41) is 3.63. The molecule has 44 heavy (non-hydrogen) atoms. The molecule has 0 saturated heterocycles. The zero-order chi connectivity index (χ0) is 29.9. The van der Waals surface area contributed by atoms with E-state index in [2.05, 4.69) is 17.4 Å². The van der Waals surface area contributed by atoms with Crippen LogP contribution in [0.25, 0.3) is 0 Å². The highest BCUT2D eigenvalue weighted by Crippen LogP contribution is 2.49. The summed E-state index contributed by atoms with van der Waals surface area (Å²) in [7, 11) is 0. The highest BCUT2D eigenvalue weighted by atomic mass is 16.5. The van der Waals surface area contributed by atoms with Gasteiger partial charge < -0.3 is 10.1 Å². The van der Waals surface area contributed by atoms with E-state index < -0.39 is 6.04 Å². The summed E-state index contributed by atoms with van der Waals surface area (Å²) < 4.78 is 6.45. The number of hydrogen-bond acceptors (Lipinski definition) is 4. The van der Waals surface area contributed by atoms with Gasteiger partial charge in [-0.3, -0.25) is 14.5 Å². The van der Waals surface area contributed by atoms with Gasteiger partial charge in [-0.25, -0.2) is 0 Å². The lowest BCUT2D eigenvalue weighted by atomic mass is 9.78. The summed E-state index contributed by atoms with van der Waals surface area (Å²) in [5.41, 5.74) is 6.43. The summed E-state index contributed by atoms with van der Waals surface area (Å²) in [6.07, 6.45) is 1.01. The normalized spacial score (nSPS) is 17.6. The lowest BCUT2D eigenvalue weighted by molar-refractivity contribution is -0.116. The predicted molar refractivity (Wildman–Crippen MR) is 174 cm³/mol. The van der Waals surface area contributed by atoms with Gasteiger partial charge in [0.2, 0.25) is 0 Å². The minimum absolute atomic E-state index is 0.0223. The number of carbonyl (C=O) groups is 2. The van der Waals surface area contributed by atoms with Gasteiger partial charge in [0.1, 0.15) is 12.4 Å². The molecule has 0 unspecified atom stereocenters. The van der Waals surface area contributed by atoms with Crippen LogP contribution in [0.3, 0.4) is 0 Å². The number of hydrogen-bond donors (Lipinski definition) is 1. The molecule has 0 spiro atoms. The maximum Gasteiger partial charge on any atom is 0.259 e. The number of nitrogens with one attached hydrogen (secondary N) is 1. The number of amides is 1. The Hall–Kier alpha value is -5.42. The molecule has 7 rings (SSSR count). The van der Waals surface area contributed by atoms with E-state index in [1.807, 2.05) is 127 Å². The largest absolute Gasteiger partial charge is 0.489 e. The van der Waals surface area contributed by atoms with E-state index in [4.69, 9.17) is 4.74 Å². The average molecular weight is 577 g/mol. The molecule has 5 nitrogen and oxygen atoms in total. The molecule has 0 fully saturated rings. The van der Waals surface area contributed by atoms with E-state index >= 15 is 0 Å². The van der Waals surface area contributed by atoms with Crippen LogP contribution in [0.5, 0.6) is 5.75 Å². The van der Waals surface area contributed by atoms with E-state index in [-0.39, 0.29) is 17.6 Å². The zero-order valence-corrected chi connectivity index (χ0v) is 24.2. The van der Waals surface area contributed by atoms with Gasteiger partial charge in [-0.1, -0.05) is 109 Å². The number of anilines is 2. The molecule has 1 amide bonds. The topological polar surface area (TPSA) is 58.6 Å². The molecule has 1 heterocycles. The highest BCUT2D eigenvalue weighted by molar-refractivity contribution is 6.12. The van der Waals surface area contributed by atoms with Crippen LogP contribution < -0.4 is 15.0 Å². The van der Waals surface area contributed by atoms with Crippen LogP contribution in [-0.2, 0) is 11.4 Å². The Morgan fingerprint density at radius 2 is 1.36 bits per heavy atom. The van der Waals surface area contributed by atoms with Crippen LogP contribution in [0.4, 0.5) is 11.4 Å². The number of rotatable bonds is 6. The van der Waals surface area contributed by atoms with Crippen molar-refractivity contribution in [3.05, 3.63) is 173 Å². The first-order chi connectivity index (χ1) is 21.7. The van der Waals surface area contributed by atoms with Crippen molar-refractivity contribution in [2.24, 2.45) is 0 Å². The maximum absolute atomic E-state index is 14.6. The Bertz CT molecular complexity index is 1830. The van der Waals surface area contributed by atoms with Crippen molar-refractivity contribution in [3.8, 4) is 5.75 Å². The molecule has 216 valence electrons. The van der Waals surface area contributed by atoms with Crippen molar-refractivity contribution in [2.75, 3.05) is 10.2 Å². The molecule has 2 atom stereocenters. The summed E-state index contributed by atoms with van der Waals surface area (Å²) in [6.45, 7) is 0.363. The number of ketones is 1. The Labute approximate surface area is 257 Å². The summed E-state index contributed by atoms with van der Waals surface area (Å²) in [4.78, 5) is 30.8. The lowest BCUT2D eigenvalue weighted by Crippen LogP contribution is -2.38. The molecule has 5 aromatic rings. The van der Waals surface area contributed by atoms with Crippen LogP contribution in [0.2, 0.25) is 0 Å². The van der Waals surface area contributed by atoms with Crippen molar-refractivity contribution in [1.82, 2.24) is 0 Å². The Balaban J connectivity index is 1.41. The molecular formula is C39H32N2O3. The number of ether oxygens (including phenoxy) is 1. The van der Waals surface area contributed by atoms with Gasteiger partial charge in [-0.15, -0.1) is 0 Å². The van der Waals surface area contributed by atoms with E-state index in [0.717, 1.165) is 28.1 Å². The predicted octanol–water partition coefficient (Wildman–Crippen LogP) is 8.48. The number of allylic oxidation sites excluding steroid dienone is 1. The van der Waals surface area contributed by atoms with Gasteiger partial charge in [-0.2, -0.15) is 0 Å². The fraction of sp³-hybridized carbons (Fsp3) is 0.128. The van der Waals surface area contributed by atoms with Gasteiger partial charge in [0.15, 0.2) is 5.78 Å². The summed E-state index contributed by atoms with van der Waals surface area (Å²) in [5.74, 6) is 0.503. The smallest absolute Gasteiger partial charge is 0.259 e. The van der Waals surface area contributed by atoms with Gasteiger partial charge in [0.25, 0.3) is 5.91 Å². The molecule has 5 heteroatoms. The average Bonchev–Trinajstić information content (AvgIpc) is 3.23. The highest BCUT2D eigenvalue weighted by Gasteiger charge is 2.42. The molecule has 0 aromatic heterocycles. The van der Waals surface area contributed by atoms with E-state index in [1.165, 1.54) is 0 Å². The number of Topliss-reactive ketones (excluding diaryl/α,β-unsaturated/α-hetero) is 1. The van der Waals surface area contributed by atoms with E-state index in [9.17, 15) is 9.59 Å². The quantitative estimate of drug-likeness (QED) is 0.220. The van der Waals surface area contributed by atoms with Gasteiger partial charge >= 0.3 is 0 Å². The monoisotopic (exact) mass is 576 g/mol. The standard InChI is InChI=1S/C39H32N2O3/c42-35-25-30(28-16-6-2-7-17-28)24-33-37(35)38(31-20-10-13-23-36(31)44-26-27-14-4-1-5-15-27)41(34-22-12-11-21-32(34)40-33)39(43)29-18-8-3-9-19-29/h1-23,30,38,40H,24-26H2/t30-,38-/m0/s1. The molecule has 1 aliphatic carbocycles. The molecule has 0 radical (unpaired) electrons. The first kappa shape index (κ1) is 27.4. The number of benzene rings is 5. The van der Waals surface area contributed by atoms with Crippen molar-refractivity contribution in [3.63, 3.8) is 0 Å². The van der Waals surface area contributed by atoms with Crippen molar-refractivity contribution >= 4 is 23.1 Å². The van der Waals surface area contributed by atoms with Crippen LogP contribution in [0, 0.1) is 0 Å². The van der Waals surface area contributed by atoms with Crippen molar-refractivity contribution in [2.45, 2.75) is 31.4 Å². The summed E-state index contributed by atoms with van der Waals surface area (Å²) >= 11 is 0. The second-order valence-electron chi connectivity index (χ2n) is 11.2. The minimum Gasteiger partial charge on any atom is -0.489 e. The lowest BCUT2D eigenvalue weighted by Gasteiger charge is -2.36.